The van der Waals surface area contributed by atoms with E-state index in [-0.39, 0.29) is 11.6 Å². The molecule has 20 heavy (non-hydrogen) atoms. The number of amides is 1. The van der Waals surface area contributed by atoms with Crippen LogP contribution in [-0.4, -0.2) is 15.9 Å². The molecule has 0 radical (unpaired) electrons. The predicted octanol–water partition coefficient (Wildman–Crippen LogP) is 2.53. The molecule has 2 heterocycles. The first-order valence-electron chi connectivity index (χ1n) is 5.68. The monoisotopic (exact) mass is 333 g/mol. The number of benzene rings is 1. The first-order valence-corrected chi connectivity index (χ1v) is 6.47. The molecule has 0 bridgehead atoms. The Balaban J connectivity index is 1.91. The van der Waals surface area contributed by atoms with E-state index >= 15 is 0 Å². The van der Waals surface area contributed by atoms with Crippen molar-refractivity contribution < 1.29 is 9.21 Å². The van der Waals surface area contributed by atoms with Crippen LogP contribution >= 0.6 is 15.9 Å². The fourth-order valence-corrected chi connectivity index (χ4v) is 2.21. The Morgan fingerprint density at radius 1 is 1.35 bits per heavy atom. The smallest absolute Gasteiger partial charge is 0.408 e. The van der Waals surface area contributed by atoms with E-state index in [4.69, 9.17) is 4.42 Å². The van der Waals surface area contributed by atoms with Gasteiger partial charge in [-0.25, -0.2) is 9.78 Å². The van der Waals surface area contributed by atoms with E-state index in [9.17, 15) is 9.59 Å². The summed E-state index contributed by atoms with van der Waals surface area (Å²) in [5.74, 6) is -0.876. The number of oxazole rings is 1. The third-order valence-electron chi connectivity index (χ3n) is 2.65. The number of rotatable bonds is 2. The minimum atomic E-state index is -0.532. The number of carbonyl (C=O) groups excluding carboxylic acids is 1. The summed E-state index contributed by atoms with van der Waals surface area (Å²) in [5, 5.41) is 2.71. The number of aromatic amines is 1. The maximum atomic E-state index is 12.1. The van der Waals surface area contributed by atoms with Crippen molar-refractivity contribution in [2.75, 3.05) is 5.32 Å². The molecule has 6 nitrogen and oxygen atoms in total. The Bertz CT molecular complexity index is 853. The van der Waals surface area contributed by atoms with E-state index < -0.39 is 5.76 Å². The minimum absolute atomic E-state index is 0.285. The van der Waals surface area contributed by atoms with E-state index in [0.29, 0.717) is 21.3 Å². The second kappa shape index (κ2) is 4.93. The first kappa shape index (κ1) is 12.6. The normalized spacial score (nSPS) is 10.7. The lowest BCUT2D eigenvalue weighted by atomic mass is 10.2. The lowest BCUT2D eigenvalue weighted by Gasteiger charge is -2.05. The van der Waals surface area contributed by atoms with E-state index in [1.54, 1.807) is 30.3 Å². The van der Waals surface area contributed by atoms with Gasteiger partial charge in [0.1, 0.15) is 5.69 Å². The predicted molar refractivity (Wildman–Crippen MR) is 76.7 cm³/mol. The Kier molecular flexibility index (Phi) is 3.11. The van der Waals surface area contributed by atoms with Crippen molar-refractivity contribution in [3.05, 3.63) is 57.2 Å². The maximum absolute atomic E-state index is 12.1. The number of hydrogen-bond acceptors (Lipinski definition) is 4. The maximum Gasteiger partial charge on any atom is 0.417 e. The third kappa shape index (κ3) is 2.35. The zero-order valence-electron chi connectivity index (χ0n) is 10.0. The number of halogens is 1. The molecule has 0 fully saturated rings. The summed E-state index contributed by atoms with van der Waals surface area (Å²) in [6.07, 6.45) is 1.54. The van der Waals surface area contributed by atoms with Gasteiger partial charge in [0.15, 0.2) is 5.58 Å². The molecule has 3 aromatic rings. The second-order valence-electron chi connectivity index (χ2n) is 4.01. The molecule has 2 N–H and O–H groups in total. The van der Waals surface area contributed by atoms with Crippen molar-refractivity contribution in [1.82, 2.24) is 9.97 Å². The highest BCUT2D eigenvalue weighted by Crippen LogP contribution is 2.18. The van der Waals surface area contributed by atoms with Crippen LogP contribution in [0.1, 0.15) is 10.5 Å². The number of pyridine rings is 1. The van der Waals surface area contributed by atoms with Crippen LogP contribution in [0.4, 0.5) is 5.69 Å². The van der Waals surface area contributed by atoms with Crippen LogP contribution < -0.4 is 11.1 Å². The molecule has 3 rings (SSSR count). The fraction of sp³-hybridized carbons (Fsp3) is 0. The number of carbonyl (C=O) groups is 1. The molecule has 0 aliphatic heterocycles. The van der Waals surface area contributed by atoms with E-state index in [0.717, 1.165) is 0 Å². The summed E-state index contributed by atoms with van der Waals surface area (Å²) in [6, 6.07) is 8.33. The van der Waals surface area contributed by atoms with Gasteiger partial charge in [0.25, 0.3) is 5.91 Å². The average molecular weight is 334 g/mol. The highest BCUT2D eigenvalue weighted by atomic mass is 79.9. The van der Waals surface area contributed by atoms with Crippen LogP contribution in [0, 0.1) is 0 Å². The van der Waals surface area contributed by atoms with E-state index in [1.165, 1.54) is 6.20 Å². The van der Waals surface area contributed by atoms with Crippen LogP contribution in [0.25, 0.3) is 11.1 Å². The number of nitrogens with one attached hydrogen (secondary N) is 2. The molecule has 0 atom stereocenters. The van der Waals surface area contributed by atoms with Crippen molar-refractivity contribution in [2.45, 2.75) is 0 Å². The third-order valence-corrected chi connectivity index (χ3v) is 3.29. The second-order valence-corrected chi connectivity index (χ2v) is 4.87. The van der Waals surface area contributed by atoms with Crippen LogP contribution in [0.3, 0.4) is 0 Å². The van der Waals surface area contributed by atoms with Crippen molar-refractivity contribution in [3.8, 4) is 0 Å². The number of nitrogens with zero attached hydrogens (tertiary/aromatic N) is 1. The largest absolute Gasteiger partial charge is 0.417 e. The summed E-state index contributed by atoms with van der Waals surface area (Å²) in [4.78, 5) is 29.7. The van der Waals surface area contributed by atoms with Crippen LogP contribution in [-0.2, 0) is 0 Å². The van der Waals surface area contributed by atoms with Crippen molar-refractivity contribution in [1.29, 1.82) is 0 Å². The number of H-pyrrole nitrogens is 1. The summed E-state index contributed by atoms with van der Waals surface area (Å²) in [6.45, 7) is 0. The van der Waals surface area contributed by atoms with E-state index in [1.807, 2.05) is 0 Å². The topological polar surface area (TPSA) is 88.0 Å². The van der Waals surface area contributed by atoms with Gasteiger partial charge in [0.2, 0.25) is 0 Å². The zero-order valence-corrected chi connectivity index (χ0v) is 11.6. The Labute approximate surface area is 121 Å². The molecule has 100 valence electrons. The van der Waals surface area contributed by atoms with Crippen LogP contribution in [0.2, 0.25) is 0 Å². The van der Waals surface area contributed by atoms with Crippen molar-refractivity contribution >= 4 is 38.6 Å². The Hall–Kier alpha value is -2.41. The molecule has 2 aromatic heterocycles. The molecule has 0 unspecified atom stereocenters. The lowest BCUT2D eigenvalue weighted by molar-refractivity contribution is 0.102. The molecule has 1 amide bonds. The number of anilines is 1. The molecular weight excluding hydrogens is 326 g/mol. The SMILES string of the molecule is O=C(Nc1ccc2oc(=O)[nH]c2c1)c1ncccc1Br. The van der Waals surface area contributed by atoms with Gasteiger partial charge in [0.05, 0.1) is 5.52 Å². The highest BCUT2D eigenvalue weighted by Gasteiger charge is 2.12. The van der Waals surface area contributed by atoms with Gasteiger partial charge in [-0.2, -0.15) is 0 Å². The van der Waals surface area contributed by atoms with Crippen molar-refractivity contribution in [3.63, 3.8) is 0 Å². The first-order chi connectivity index (χ1) is 9.63. The Morgan fingerprint density at radius 2 is 2.20 bits per heavy atom. The molecule has 0 saturated heterocycles. The van der Waals surface area contributed by atoms with Crippen molar-refractivity contribution in [2.24, 2.45) is 0 Å². The Morgan fingerprint density at radius 3 is 3.00 bits per heavy atom. The summed E-state index contributed by atoms with van der Waals surface area (Å²) in [7, 11) is 0. The van der Waals surface area contributed by atoms with Gasteiger partial charge in [-0.3, -0.25) is 9.78 Å². The molecule has 0 aliphatic rings. The standard InChI is InChI=1S/C13H8BrN3O3/c14-8-2-1-5-15-11(8)12(18)16-7-3-4-10-9(6-7)17-13(19)20-10/h1-6H,(H,16,18)(H,17,19). The zero-order chi connectivity index (χ0) is 14.1. The number of aromatic nitrogens is 2. The molecule has 0 saturated carbocycles. The van der Waals surface area contributed by atoms with Gasteiger partial charge in [-0.15, -0.1) is 0 Å². The van der Waals surface area contributed by atoms with Gasteiger partial charge in [0, 0.05) is 16.4 Å². The number of fused-ring (bicyclic) bond motifs is 1. The molecule has 7 heteroatoms. The fourth-order valence-electron chi connectivity index (χ4n) is 1.77. The quantitative estimate of drug-likeness (QED) is 0.754. The van der Waals surface area contributed by atoms with Gasteiger partial charge in [-0.05, 0) is 46.3 Å². The lowest BCUT2D eigenvalue weighted by Crippen LogP contribution is -2.14. The van der Waals surface area contributed by atoms with Crippen LogP contribution in [0.15, 0.2) is 50.2 Å². The van der Waals surface area contributed by atoms with E-state index in [2.05, 4.69) is 31.2 Å². The highest BCUT2D eigenvalue weighted by molar-refractivity contribution is 9.10. The summed E-state index contributed by atoms with van der Waals surface area (Å²) in [5.41, 5.74) is 1.78. The van der Waals surface area contributed by atoms with Gasteiger partial charge < -0.3 is 9.73 Å². The average Bonchev–Trinajstić information content (AvgIpc) is 2.78. The van der Waals surface area contributed by atoms with Gasteiger partial charge in [-0.1, -0.05) is 0 Å². The molecule has 1 aromatic carbocycles. The minimum Gasteiger partial charge on any atom is -0.408 e. The molecular formula is C13H8BrN3O3. The molecule has 0 spiro atoms. The van der Waals surface area contributed by atoms with Gasteiger partial charge >= 0.3 is 5.76 Å². The summed E-state index contributed by atoms with van der Waals surface area (Å²) >= 11 is 3.27. The molecule has 0 aliphatic carbocycles. The number of hydrogen-bond donors (Lipinski definition) is 2. The van der Waals surface area contributed by atoms with Crippen LogP contribution in [0.5, 0.6) is 0 Å². The summed E-state index contributed by atoms with van der Waals surface area (Å²) < 4.78 is 5.49.